The molecular weight excluding hydrogens is 262 g/mol. The number of hydrogen-bond acceptors (Lipinski definition) is 3. The summed E-state index contributed by atoms with van der Waals surface area (Å²) in [5, 5.41) is 11.7. The van der Waals surface area contributed by atoms with Crippen LogP contribution in [0.25, 0.3) is 0 Å². The average molecular weight is 285 g/mol. The number of amides is 1. The molecule has 0 aromatic heterocycles. The first-order valence-corrected chi connectivity index (χ1v) is 7.58. The lowest BCUT2D eigenvalue weighted by Gasteiger charge is -2.30. The van der Waals surface area contributed by atoms with Crippen molar-refractivity contribution in [2.45, 2.75) is 33.1 Å². The van der Waals surface area contributed by atoms with E-state index in [0.29, 0.717) is 6.42 Å². The summed E-state index contributed by atoms with van der Waals surface area (Å²) in [6.45, 7) is 6.68. The highest BCUT2D eigenvalue weighted by molar-refractivity contribution is 5.94. The number of nitrogens with zero attached hydrogens (tertiary/aromatic N) is 2. The molecule has 0 bridgehead atoms. The van der Waals surface area contributed by atoms with Crippen LogP contribution in [0.1, 0.15) is 30.4 Å². The molecule has 1 aliphatic rings. The first kappa shape index (κ1) is 15.5. The highest BCUT2D eigenvalue weighted by Gasteiger charge is 2.25. The molecule has 1 fully saturated rings. The molecule has 0 radical (unpaired) electrons. The zero-order valence-corrected chi connectivity index (χ0v) is 12.9. The minimum Gasteiger partial charge on any atom is -0.325 e. The van der Waals surface area contributed by atoms with Gasteiger partial charge in [0.25, 0.3) is 0 Å². The SMILES string of the molecule is Cc1cccc(C)c1NC(=O)C1CCN(CCC#N)CC1. The smallest absolute Gasteiger partial charge is 0.227 e. The number of benzene rings is 1. The first-order valence-electron chi connectivity index (χ1n) is 7.58. The Hall–Kier alpha value is -1.86. The van der Waals surface area contributed by atoms with Gasteiger partial charge in [0.1, 0.15) is 0 Å². The van der Waals surface area contributed by atoms with Gasteiger partial charge in [0.05, 0.1) is 6.07 Å². The van der Waals surface area contributed by atoms with E-state index in [2.05, 4.69) is 16.3 Å². The number of rotatable bonds is 4. The highest BCUT2D eigenvalue weighted by Crippen LogP contribution is 2.23. The molecule has 0 saturated carbocycles. The van der Waals surface area contributed by atoms with Gasteiger partial charge in [-0.2, -0.15) is 5.26 Å². The number of aryl methyl sites for hydroxylation is 2. The standard InChI is InChI=1S/C17H23N3O/c1-13-5-3-6-14(2)16(13)19-17(21)15-7-11-20(12-8-15)10-4-9-18/h3,5-6,15H,4,7-8,10-12H2,1-2H3,(H,19,21). The summed E-state index contributed by atoms with van der Waals surface area (Å²) in [4.78, 5) is 14.7. The van der Waals surface area contributed by atoms with Crippen LogP contribution in [-0.4, -0.2) is 30.4 Å². The van der Waals surface area contributed by atoms with Crippen molar-refractivity contribution in [1.29, 1.82) is 5.26 Å². The maximum absolute atomic E-state index is 12.4. The molecule has 1 aromatic rings. The number of nitriles is 1. The highest BCUT2D eigenvalue weighted by atomic mass is 16.1. The Morgan fingerprint density at radius 1 is 1.33 bits per heavy atom. The summed E-state index contributed by atoms with van der Waals surface area (Å²) in [5.41, 5.74) is 3.17. The molecular formula is C17H23N3O. The summed E-state index contributed by atoms with van der Waals surface area (Å²) in [5.74, 6) is 0.217. The van der Waals surface area contributed by atoms with Crippen molar-refractivity contribution < 1.29 is 4.79 Å². The Morgan fingerprint density at radius 2 is 1.95 bits per heavy atom. The molecule has 1 amide bonds. The van der Waals surface area contributed by atoms with E-state index in [1.54, 1.807) is 0 Å². The van der Waals surface area contributed by atoms with Crippen LogP contribution in [0.5, 0.6) is 0 Å². The third kappa shape index (κ3) is 4.05. The van der Waals surface area contributed by atoms with Crippen LogP contribution in [0, 0.1) is 31.1 Å². The van der Waals surface area contributed by atoms with E-state index >= 15 is 0 Å². The normalized spacial score (nSPS) is 16.4. The Kier molecular flexibility index (Phi) is 5.35. The van der Waals surface area contributed by atoms with Crippen LogP contribution < -0.4 is 5.32 Å². The van der Waals surface area contributed by atoms with Crippen molar-refractivity contribution in [2.75, 3.05) is 25.0 Å². The predicted molar refractivity (Wildman–Crippen MR) is 83.9 cm³/mol. The van der Waals surface area contributed by atoms with E-state index < -0.39 is 0 Å². The van der Waals surface area contributed by atoms with Gasteiger partial charge in [0, 0.05) is 24.6 Å². The van der Waals surface area contributed by atoms with Crippen LogP contribution in [0.2, 0.25) is 0 Å². The first-order chi connectivity index (χ1) is 10.1. The average Bonchev–Trinajstić information content (AvgIpc) is 2.49. The second-order valence-electron chi connectivity index (χ2n) is 5.78. The van der Waals surface area contributed by atoms with Crippen LogP contribution in [0.3, 0.4) is 0 Å². The molecule has 0 atom stereocenters. The van der Waals surface area contributed by atoms with E-state index in [-0.39, 0.29) is 11.8 Å². The van der Waals surface area contributed by atoms with E-state index in [4.69, 9.17) is 5.26 Å². The Bertz CT molecular complexity index is 519. The molecule has 112 valence electrons. The molecule has 2 rings (SSSR count). The van der Waals surface area contributed by atoms with Gasteiger partial charge in [0.15, 0.2) is 0 Å². The fourth-order valence-corrected chi connectivity index (χ4v) is 2.86. The third-order valence-corrected chi connectivity index (χ3v) is 4.23. The lowest BCUT2D eigenvalue weighted by molar-refractivity contribution is -0.121. The second-order valence-corrected chi connectivity index (χ2v) is 5.78. The zero-order valence-electron chi connectivity index (χ0n) is 12.9. The van der Waals surface area contributed by atoms with Crippen LogP contribution in [0.15, 0.2) is 18.2 Å². The van der Waals surface area contributed by atoms with Gasteiger partial charge < -0.3 is 10.2 Å². The quantitative estimate of drug-likeness (QED) is 0.925. The minimum atomic E-state index is 0.0855. The molecule has 1 aromatic carbocycles. The summed E-state index contributed by atoms with van der Waals surface area (Å²) in [7, 11) is 0. The molecule has 1 heterocycles. The van der Waals surface area contributed by atoms with Crippen LogP contribution in [-0.2, 0) is 4.79 Å². The predicted octanol–water partition coefficient (Wildman–Crippen LogP) is 2.87. The lowest BCUT2D eigenvalue weighted by Crippen LogP contribution is -2.38. The van der Waals surface area contributed by atoms with Gasteiger partial charge in [-0.1, -0.05) is 18.2 Å². The van der Waals surface area contributed by atoms with Gasteiger partial charge in [-0.3, -0.25) is 4.79 Å². The Balaban J connectivity index is 1.89. The fourth-order valence-electron chi connectivity index (χ4n) is 2.86. The minimum absolute atomic E-state index is 0.0855. The van der Waals surface area contributed by atoms with E-state index in [9.17, 15) is 4.79 Å². The molecule has 4 heteroatoms. The van der Waals surface area contributed by atoms with Gasteiger partial charge in [-0.25, -0.2) is 0 Å². The van der Waals surface area contributed by atoms with Gasteiger partial charge in [-0.15, -0.1) is 0 Å². The summed E-state index contributed by atoms with van der Waals surface area (Å²) < 4.78 is 0. The monoisotopic (exact) mass is 285 g/mol. The summed E-state index contributed by atoms with van der Waals surface area (Å²) >= 11 is 0. The fraction of sp³-hybridized carbons (Fsp3) is 0.529. The van der Waals surface area contributed by atoms with E-state index in [0.717, 1.165) is 49.3 Å². The van der Waals surface area contributed by atoms with Crippen molar-refractivity contribution in [3.8, 4) is 6.07 Å². The molecule has 0 spiro atoms. The second kappa shape index (κ2) is 7.24. The maximum atomic E-state index is 12.4. The molecule has 0 aliphatic carbocycles. The summed E-state index contributed by atoms with van der Waals surface area (Å²) in [6.07, 6.45) is 2.32. The molecule has 1 N–H and O–H groups in total. The maximum Gasteiger partial charge on any atom is 0.227 e. The van der Waals surface area contributed by atoms with Crippen molar-refractivity contribution in [3.63, 3.8) is 0 Å². The number of anilines is 1. The van der Waals surface area contributed by atoms with Crippen molar-refractivity contribution >= 4 is 11.6 Å². The molecule has 1 saturated heterocycles. The number of carbonyl (C=O) groups is 1. The van der Waals surface area contributed by atoms with Gasteiger partial charge in [-0.05, 0) is 50.9 Å². The van der Waals surface area contributed by atoms with Gasteiger partial charge >= 0.3 is 0 Å². The van der Waals surface area contributed by atoms with Crippen LogP contribution in [0.4, 0.5) is 5.69 Å². The van der Waals surface area contributed by atoms with Crippen molar-refractivity contribution in [3.05, 3.63) is 29.3 Å². The number of likely N-dealkylation sites (tertiary alicyclic amines) is 1. The number of hydrogen-bond donors (Lipinski definition) is 1. The number of carbonyl (C=O) groups excluding carboxylic acids is 1. The van der Waals surface area contributed by atoms with E-state index in [1.807, 2.05) is 32.0 Å². The number of piperidine rings is 1. The number of nitrogens with one attached hydrogen (secondary N) is 1. The Labute approximate surface area is 126 Å². The number of para-hydroxylation sites is 1. The van der Waals surface area contributed by atoms with Crippen molar-refractivity contribution in [2.24, 2.45) is 5.92 Å². The topological polar surface area (TPSA) is 56.1 Å². The Morgan fingerprint density at radius 3 is 2.52 bits per heavy atom. The third-order valence-electron chi connectivity index (χ3n) is 4.23. The molecule has 4 nitrogen and oxygen atoms in total. The molecule has 0 unspecified atom stereocenters. The molecule has 21 heavy (non-hydrogen) atoms. The largest absolute Gasteiger partial charge is 0.325 e. The van der Waals surface area contributed by atoms with Gasteiger partial charge in [0.2, 0.25) is 5.91 Å². The summed E-state index contributed by atoms with van der Waals surface area (Å²) in [6, 6.07) is 8.22. The lowest BCUT2D eigenvalue weighted by atomic mass is 9.95. The zero-order chi connectivity index (χ0) is 15.2. The van der Waals surface area contributed by atoms with Crippen molar-refractivity contribution in [1.82, 2.24) is 4.90 Å². The van der Waals surface area contributed by atoms with E-state index in [1.165, 1.54) is 0 Å². The van der Waals surface area contributed by atoms with Crippen LogP contribution >= 0.6 is 0 Å². The molecule has 1 aliphatic heterocycles.